The molecule has 2 aromatic carbocycles. The molecule has 0 aliphatic rings. The van der Waals surface area contributed by atoms with Crippen molar-refractivity contribution < 1.29 is 33.8 Å². The third-order valence-corrected chi connectivity index (χ3v) is 6.27. The number of carbonyl (C=O) groups excluding carboxylic acids is 4. The Morgan fingerprint density at radius 1 is 0.810 bits per heavy atom. The first-order valence-electron chi connectivity index (χ1n) is 14.0. The number of ketones is 1. The smallest absolute Gasteiger partial charge is 0.417 e. The molecule has 11 nitrogen and oxygen atoms in total. The average molecular weight is 583 g/mol. The topological polar surface area (TPSA) is 159 Å². The van der Waals surface area contributed by atoms with Crippen molar-refractivity contribution in [3.8, 4) is 0 Å². The van der Waals surface area contributed by atoms with Crippen LogP contribution < -0.4 is 11.1 Å². The zero-order valence-corrected chi connectivity index (χ0v) is 24.7. The van der Waals surface area contributed by atoms with Crippen molar-refractivity contribution >= 4 is 29.8 Å². The molecular weight excluding hydrogens is 540 g/mol. The van der Waals surface area contributed by atoms with E-state index in [4.69, 9.17) is 10.5 Å². The lowest BCUT2D eigenvalue weighted by molar-refractivity contribution is -0.139. The van der Waals surface area contributed by atoms with Crippen molar-refractivity contribution in [3.05, 3.63) is 71.8 Å². The molecule has 4 amide bonds. The summed E-state index contributed by atoms with van der Waals surface area (Å²) in [6.45, 7) is 6.21. The molecule has 0 spiro atoms. The highest BCUT2D eigenvalue weighted by Gasteiger charge is 2.33. The highest BCUT2D eigenvalue weighted by Crippen LogP contribution is 2.14. The van der Waals surface area contributed by atoms with E-state index in [0.717, 1.165) is 0 Å². The van der Waals surface area contributed by atoms with Gasteiger partial charge in [0.1, 0.15) is 12.6 Å². The van der Waals surface area contributed by atoms with Gasteiger partial charge in [-0.2, -0.15) is 0 Å². The van der Waals surface area contributed by atoms with Crippen molar-refractivity contribution in [3.63, 3.8) is 0 Å². The molecule has 0 saturated carbocycles. The number of nitrogens with zero attached hydrogens (tertiary/aromatic N) is 2. The molecule has 0 radical (unpaired) electrons. The third-order valence-electron chi connectivity index (χ3n) is 6.27. The Bertz CT molecular complexity index is 1190. The Morgan fingerprint density at radius 2 is 1.36 bits per heavy atom. The lowest BCUT2D eigenvalue weighted by Gasteiger charge is -2.29. The summed E-state index contributed by atoms with van der Waals surface area (Å²) in [6, 6.07) is 15.6. The van der Waals surface area contributed by atoms with Crippen molar-refractivity contribution in [1.29, 1.82) is 0 Å². The quantitative estimate of drug-likeness (QED) is 0.286. The highest BCUT2D eigenvalue weighted by molar-refractivity contribution is 6.00. The highest BCUT2D eigenvalue weighted by atomic mass is 16.6. The van der Waals surface area contributed by atoms with Crippen LogP contribution in [-0.4, -0.2) is 69.9 Å². The van der Waals surface area contributed by atoms with Gasteiger partial charge in [-0.25, -0.2) is 14.5 Å². The van der Waals surface area contributed by atoms with Gasteiger partial charge in [0.25, 0.3) is 0 Å². The van der Waals surface area contributed by atoms with E-state index in [1.165, 1.54) is 4.90 Å². The number of hydrogen-bond acceptors (Lipinski definition) is 7. The van der Waals surface area contributed by atoms with E-state index >= 15 is 0 Å². The third kappa shape index (κ3) is 11.7. The minimum atomic E-state index is -1.36. The molecule has 0 aliphatic carbocycles. The van der Waals surface area contributed by atoms with Crippen LogP contribution in [0.4, 0.5) is 9.59 Å². The number of amides is 4. The fourth-order valence-corrected chi connectivity index (χ4v) is 4.36. The van der Waals surface area contributed by atoms with E-state index < -0.39 is 55.0 Å². The van der Waals surface area contributed by atoms with Crippen LogP contribution in [0.1, 0.15) is 51.7 Å². The molecule has 2 atom stereocenters. The summed E-state index contributed by atoms with van der Waals surface area (Å²) in [5, 5.41) is 11.6. The predicted molar refractivity (Wildman–Crippen MR) is 157 cm³/mol. The summed E-state index contributed by atoms with van der Waals surface area (Å²) >= 11 is 0. The van der Waals surface area contributed by atoms with Gasteiger partial charge in [0.05, 0.1) is 19.1 Å². The summed E-state index contributed by atoms with van der Waals surface area (Å²) in [7, 11) is 0. The van der Waals surface area contributed by atoms with Crippen molar-refractivity contribution in [2.75, 3.05) is 13.1 Å². The Labute approximate surface area is 247 Å². The average Bonchev–Trinajstić information content (AvgIpc) is 2.93. The number of nitrogens with two attached hydrogens (primary N) is 1. The number of rotatable bonds is 15. The second-order valence-corrected chi connectivity index (χ2v) is 11.1. The van der Waals surface area contributed by atoms with E-state index in [1.807, 2.05) is 33.8 Å². The van der Waals surface area contributed by atoms with Gasteiger partial charge in [0.2, 0.25) is 11.8 Å². The van der Waals surface area contributed by atoms with Gasteiger partial charge in [0, 0.05) is 6.54 Å². The lowest BCUT2D eigenvalue weighted by Crippen LogP contribution is -2.53. The SMILES string of the molecule is CC(C)CC(NC(=O)O)C(=O)N(CC(=O)CN(C(=O)OCc1ccccc1)C(=O)[C@@H](N)CC(C)C)Cc1ccccc1. The molecule has 0 bridgehead atoms. The molecule has 4 N–H and O–H groups in total. The number of Topliss-reactive ketones (excluding diaryl/α,β-unsaturated/α-hetero) is 1. The van der Waals surface area contributed by atoms with Crippen molar-refractivity contribution in [1.82, 2.24) is 15.1 Å². The number of nitrogens with one attached hydrogen (secondary N) is 1. The van der Waals surface area contributed by atoms with Gasteiger partial charge >= 0.3 is 12.2 Å². The van der Waals surface area contributed by atoms with Crippen LogP contribution in [-0.2, 0) is 32.3 Å². The van der Waals surface area contributed by atoms with Crippen LogP contribution in [0.3, 0.4) is 0 Å². The second-order valence-electron chi connectivity index (χ2n) is 11.1. The number of imide groups is 1. The van der Waals surface area contributed by atoms with Crippen LogP contribution in [0.5, 0.6) is 0 Å². The van der Waals surface area contributed by atoms with Crippen LogP contribution in [0.2, 0.25) is 0 Å². The summed E-state index contributed by atoms with van der Waals surface area (Å²) < 4.78 is 5.34. The van der Waals surface area contributed by atoms with E-state index in [0.29, 0.717) is 16.0 Å². The van der Waals surface area contributed by atoms with Gasteiger partial charge in [0.15, 0.2) is 5.78 Å². The number of benzene rings is 2. The first kappa shape index (κ1) is 34.0. The molecule has 1 unspecified atom stereocenters. The first-order chi connectivity index (χ1) is 19.9. The Morgan fingerprint density at radius 3 is 1.88 bits per heavy atom. The summed E-state index contributed by atoms with van der Waals surface area (Å²) in [5.74, 6) is -1.94. The molecule has 0 fully saturated rings. The molecule has 42 heavy (non-hydrogen) atoms. The monoisotopic (exact) mass is 582 g/mol. The van der Waals surface area contributed by atoms with E-state index in [9.17, 15) is 29.1 Å². The summed E-state index contributed by atoms with van der Waals surface area (Å²) in [4.78, 5) is 66.6. The van der Waals surface area contributed by atoms with Crippen LogP contribution in [0, 0.1) is 11.8 Å². The second kappa shape index (κ2) is 16.9. The van der Waals surface area contributed by atoms with Crippen LogP contribution in [0.15, 0.2) is 60.7 Å². The van der Waals surface area contributed by atoms with Crippen LogP contribution >= 0.6 is 0 Å². The first-order valence-corrected chi connectivity index (χ1v) is 14.0. The zero-order chi connectivity index (χ0) is 31.2. The zero-order valence-electron chi connectivity index (χ0n) is 24.7. The number of carboxylic acid groups (broad SMARTS) is 1. The molecule has 11 heteroatoms. The molecule has 0 saturated heterocycles. The maximum atomic E-state index is 13.6. The largest absolute Gasteiger partial charge is 0.465 e. The Balaban J connectivity index is 2.29. The Kier molecular flexibility index (Phi) is 13.6. The molecule has 2 aromatic rings. The van der Waals surface area contributed by atoms with E-state index in [-0.39, 0.29) is 37.8 Å². The van der Waals surface area contributed by atoms with Gasteiger partial charge in [-0.1, -0.05) is 88.4 Å². The maximum Gasteiger partial charge on any atom is 0.417 e. The van der Waals surface area contributed by atoms with Crippen molar-refractivity contribution in [2.45, 2.75) is 65.8 Å². The number of carbonyl (C=O) groups is 5. The minimum Gasteiger partial charge on any atom is -0.465 e. The molecular formula is C31H42N4O7. The van der Waals surface area contributed by atoms with Gasteiger partial charge in [-0.15, -0.1) is 0 Å². The number of ether oxygens (including phenoxy) is 1. The normalized spacial score (nSPS) is 12.4. The van der Waals surface area contributed by atoms with E-state index in [1.54, 1.807) is 54.6 Å². The van der Waals surface area contributed by atoms with Crippen LogP contribution in [0.25, 0.3) is 0 Å². The van der Waals surface area contributed by atoms with E-state index in [2.05, 4.69) is 5.32 Å². The lowest BCUT2D eigenvalue weighted by atomic mass is 10.0. The van der Waals surface area contributed by atoms with Gasteiger partial charge in [-0.05, 0) is 35.8 Å². The van der Waals surface area contributed by atoms with Gasteiger partial charge in [-0.3, -0.25) is 14.4 Å². The fraction of sp³-hybridized carbons (Fsp3) is 0.452. The maximum absolute atomic E-state index is 13.6. The summed E-state index contributed by atoms with van der Waals surface area (Å²) in [5.41, 5.74) is 7.49. The molecule has 0 aliphatic heterocycles. The minimum absolute atomic E-state index is 0.0145. The Hall–Kier alpha value is -4.25. The van der Waals surface area contributed by atoms with Crippen molar-refractivity contribution in [2.24, 2.45) is 17.6 Å². The fourth-order valence-electron chi connectivity index (χ4n) is 4.36. The number of hydrogen-bond donors (Lipinski definition) is 3. The van der Waals surface area contributed by atoms with Gasteiger partial charge < -0.3 is 25.8 Å². The predicted octanol–water partition coefficient (Wildman–Crippen LogP) is 3.81. The molecule has 228 valence electrons. The molecule has 2 rings (SSSR count). The summed E-state index contributed by atoms with van der Waals surface area (Å²) in [6.07, 6.45) is -1.89. The molecule has 0 aromatic heterocycles. The standard InChI is InChI=1S/C31H42N4O7/c1-21(2)15-26(32)28(37)35(31(41)42-20-24-13-9-6-10-14-24)19-25(36)18-34(17-23-11-7-5-8-12-23)29(38)27(16-22(3)4)33-30(39)40/h5-14,21-22,26-27,33H,15-20,32H2,1-4H3,(H,39,40)/t26-,27?/m0/s1. The molecule has 0 heterocycles.